The SMILES string of the molecule is C[C@H]1C[C@H]2CN(C(=O)C3CCOC3)CC[C@@H]2O1. The van der Waals surface area contributed by atoms with E-state index >= 15 is 0 Å². The lowest BCUT2D eigenvalue weighted by atomic mass is 9.92. The molecule has 3 aliphatic rings. The van der Waals surface area contributed by atoms with E-state index in [4.69, 9.17) is 9.47 Å². The van der Waals surface area contributed by atoms with Gasteiger partial charge in [-0.2, -0.15) is 0 Å². The van der Waals surface area contributed by atoms with Crippen molar-refractivity contribution in [3.8, 4) is 0 Å². The van der Waals surface area contributed by atoms with Crippen LogP contribution in [0.3, 0.4) is 0 Å². The summed E-state index contributed by atoms with van der Waals surface area (Å²) in [5.41, 5.74) is 0. The molecule has 96 valence electrons. The van der Waals surface area contributed by atoms with Crippen molar-refractivity contribution in [2.24, 2.45) is 11.8 Å². The molecule has 3 heterocycles. The first-order chi connectivity index (χ1) is 8.24. The quantitative estimate of drug-likeness (QED) is 0.686. The Morgan fingerprint density at radius 3 is 3.00 bits per heavy atom. The van der Waals surface area contributed by atoms with Gasteiger partial charge in [0, 0.05) is 25.6 Å². The third-order valence-corrected chi connectivity index (χ3v) is 4.30. The smallest absolute Gasteiger partial charge is 0.228 e. The van der Waals surface area contributed by atoms with E-state index in [1.54, 1.807) is 0 Å². The number of hydrogen-bond acceptors (Lipinski definition) is 3. The molecule has 3 aliphatic heterocycles. The number of amides is 1. The number of likely N-dealkylation sites (tertiary alicyclic amines) is 1. The Bertz CT molecular complexity index is 301. The van der Waals surface area contributed by atoms with Crippen molar-refractivity contribution >= 4 is 5.91 Å². The monoisotopic (exact) mass is 239 g/mol. The molecule has 4 nitrogen and oxygen atoms in total. The van der Waals surface area contributed by atoms with Gasteiger partial charge in [0.15, 0.2) is 0 Å². The summed E-state index contributed by atoms with van der Waals surface area (Å²) in [7, 11) is 0. The largest absolute Gasteiger partial charge is 0.381 e. The highest BCUT2D eigenvalue weighted by Crippen LogP contribution is 2.33. The fourth-order valence-corrected chi connectivity index (χ4v) is 3.38. The fraction of sp³-hybridized carbons (Fsp3) is 0.923. The van der Waals surface area contributed by atoms with E-state index in [1.165, 1.54) is 0 Å². The number of ether oxygens (including phenoxy) is 2. The molecule has 3 fully saturated rings. The second kappa shape index (κ2) is 4.58. The molecule has 1 amide bonds. The number of piperidine rings is 1. The zero-order valence-corrected chi connectivity index (χ0v) is 10.4. The van der Waals surface area contributed by atoms with Gasteiger partial charge in [-0.25, -0.2) is 0 Å². The highest BCUT2D eigenvalue weighted by molar-refractivity contribution is 5.79. The molecular formula is C13H21NO3. The molecule has 0 saturated carbocycles. The summed E-state index contributed by atoms with van der Waals surface area (Å²) in [6.45, 7) is 5.26. The van der Waals surface area contributed by atoms with E-state index in [-0.39, 0.29) is 5.92 Å². The van der Waals surface area contributed by atoms with Crippen molar-refractivity contribution in [3.05, 3.63) is 0 Å². The average molecular weight is 239 g/mol. The van der Waals surface area contributed by atoms with Crippen molar-refractivity contribution in [2.75, 3.05) is 26.3 Å². The molecule has 0 aliphatic carbocycles. The first-order valence-corrected chi connectivity index (χ1v) is 6.76. The van der Waals surface area contributed by atoms with E-state index in [0.29, 0.717) is 30.6 Å². The number of nitrogens with zero attached hydrogens (tertiary/aromatic N) is 1. The lowest BCUT2D eigenvalue weighted by molar-refractivity contribution is -0.138. The highest BCUT2D eigenvalue weighted by Gasteiger charge is 2.40. The zero-order chi connectivity index (χ0) is 11.8. The van der Waals surface area contributed by atoms with E-state index in [0.717, 1.165) is 39.0 Å². The third-order valence-electron chi connectivity index (χ3n) is 4.30. The van der Waals surface area contributed by atoms with Crippen LogP contribution in [0.15, 0.2) is 0 Å². The predicted molar refractivity (Wildman–Crippen MR) is 62.6 cm³/mol. The second-order valence-corrected chi connectivity index (χ2v) is 5.61. The van der Waals surface area contributed by atoms with Crippen LogP contribution in [0.1, 0.15) is 26.2 Å². The number of fused-ring (bicyclic) bond motifs is 1. The summed E-state index contributed by atoms with van der Waals surface area (Å²) in [5, 5.41) is 0. The van der Waals surface area contributed by atoms with Crippen LogP contribution in [0.25, 0.3) is 0 Å². The van der Waals surface area contributed by atoms with Gasteiger partial charge in [-0.15, -0.1) is 0 Å². The maximum absolute atomic E-state index is 12.3. The summed E-state index contributed by atoms with van der Waals surface area (Å²) < 4.78 is 11.2. The molecule has 0 N–H and O–H groups in total. The van der Waals surface area contributed by atoms with E-state index < -0.39 is 0 Å². The van der Waals surface area contributed by atoms with Crippen LogP contribution in [-0.4, -0.2) is 49.3 Å². The average Bonchev–Trinajstić information content (AvgIpc) is 2.94. The Balaban J connectivity index is 1.60. The van der Waals surface area contributed by atoms with Crippen LogP contribution < -0.4 is 0 Å². The molecule has 4 heteroatoms. The molecule has 4 atom stereocenters. The van der Waals surface area contributed by atoms with Gasteiger partial charge in [-0.1, -0.05) is 0 Å². The molecule has 1 unspecified atom stereocenters. The van der Waals surface area contributed by atoms with Crippen LogP contribution in [0.4, 0.5) is 0 Å². The summed E-state index contributed by atoms with van der Waals surface area (Å²) in [6.07, 6.45) is 3.78. The predicted octanol–water partition coefficient (Wildman–Crippen LogP) is 1.05. The third kappa shape index (κ3) is 2.20. The van der Waals surface area contributed by atoms with Crippen LogP contribution in [0.5, 0.6) is 0 Å². The lowest BCUT2D eigenvalue weighted by Crippen LogP contribution is -2.46. The summed E-state index contributed by atoms with van der Waals surface area (Å²) in [6, 6.07) is 0. The topological polar surface area (TPSA) is 38.8 Å². The van der Waals surface area contributed by atoms with Crippen molar-refractivity contribution < 1.29 is 14.3 Å². The zero-order valence-electron chi connectivity index (χ0n) is 10.4. The summed E-state index contributed by atoms with van der Waals surface area (Å²) in [5.74, 6) is 0.983. The molecule has 3 rings (SSSR count). The maximum atomic E-state index is 12.3. The van der Waals surface area contributed by atoms with Gasteiger partial charge >= 0.3 is 0 Å². The van der Waals surface area contributed by atoms with Gasteiger partial charge in [-0.3, -0.25) is 4.79 Å². The molecule has 0 aromatic heterocycles. The Morgan fingerprint density at radius 2 is 2.24 bits per heavy atom. The minimum Gasteiger partial charge on any atom is -0.381 e. The normalized spacial score (nSPS) is 41.6. The molecule has 0 radical (unpaired) electrons. The molecule has 0 aromatic rings. The first-order valence-electron chi connectivity index (χ1n) is 6.76. The number of carbonyl (C=O) groups excluding carboxylic acids is 1. The van der Waals surface area contributed by atoms with Gasteiger partial charge in [0.2, 0.25) is 5.91 Å². The lowest BCUT2D eigenvalue weighted by Gasteiger charge is -2.35. The van der Waals surface area contributed by atoms with E-state index in [9.17, 15) is 4.79 Å². The van der Waals surface area contributed by atoms with E-state index in [2.05, 4.69) is 6.92 Å². The Hall–Kier alpha value is -0.610. The minimum absolute atomic E-state index is 0.117. The van der Waals surface area contributed by atoms with Crippen LogP contribution >= 0.6 is 0 Å². The van der Waals surface area contributed by atoms with E-state index in [1.807, 2.05) is 4.90 Å². The number of carbonyl (C=O) groups is 1. The van der Waals surface area contributed by atoms with Gasteiger partial charge < -0.3 is 14.4 Å². The minimum atomic E-state index is 0.117. The van der Waals surface area contributed by atoms with Crippen LogP contribution in [-0.2, 0) is 14.3 Å². The molecular weight excluding hydrogens is 218 g/mol. The molecule has 17 heavy (non-hydrogen) atoms. The molecule has 3 saturated heterocycles. The van der Waals surface area contributed by atoms with Crippen molar-refractivity contribution in [3.63, 3.8) is 0 Å². The second-order valence-electron chi connectivity index (χ2n) is 5.61. The molecule has 0 bridgehead atoms. The standard InChI is InChI=1S/C13H21NO3/c1-9-6-11-7-14(4-2-12(11)17-9)13(15)10-3-5-16-8-10/h9-12H,2-8H2,1H3/t9-,10?,11-,12-/m0/s1. The summed E-state index contributed by atoms with van der Waals surface area (Å²) in [4.78, 5) is 14.3. The van der Waals surface area contributed by atoms with Gasteiger partial charge in [0.05, 0.1) is 24.7 Å². The van der Waals surface area contributed by atoms with Gasteiger partial charge in [-0.05, 0) is 26.2 Å². The van der Waals surface area contributed by atoms with Crippen molar-refractivity contribution in [1.82, 2.24) is 4.90 Å². The number of rotatable bonds is 1. The highest BCUT2D eigenvalue weighted by atomic mass is 16.5. The first kappa shape index (κ1) is 11.5. The van der Waals surface area contributed by atoms with Crippen molar-refractivity contribution in [2.45, 2.75) is 38.4 Å². The fourth-order valence-electron chi connectivity index (χ4n) is 3.38. The van der Waals surface area contributed by atoms with Crippen molar-refractivity contribution in [1.29, 1.82) is 0 Å². The van der Waals surface area contributed by atoms with Crippen LogP contribution in [0.2, 0.25) is 0 Å². The Morgan fingerprint density at radius 1 is 1.35 bits per heavy atom. The number of hydrogen-bond donors (Lipinski definition) is 0. The van der Waals surface area contributed by atoms with Gasteiger partial charge in [0.1, 0.15) is 0 Å². The Labute approximate surface area is 102 Å². The van der Waals surface area contributed by atoms with Crippen LogP contribution in [0, 0.1) is 11.8 Å². The maximum Gasteiger partial charge on any atom is 0.228 e. The summed E-state index contributed by atoms with van der Waals surface area (Å²) >= 11 is 0. The molecule has 0 aromatic carbocycles. The molecule has 0 spiro atoms. The van der Waals surface area contributed by atoms with Gasteiger partial charge in [0.25, 0.3) is 0 Å². The Kier molecular flexibility index (Phi) is 3.09.